The summed E-state index contributed by atoms with van der Waals surface area (Å²) in [6.07, 6.45) is 7.51. The largest absolute Gasteiger partial charge is 0.214 e. The van der Waals surface area contributed by atoms with Crippen molar-refractivity contribution in [3.05, 3.63) is 60.3 Å². The van der Waals surface area contributed by atoms with E-state index in [1.54, 1.807) is 10.7 Å². The molecule has 3 aromatic rings. The minimum absolute atomic E-state index is 0.805. The Morgan fingerprint density at radius 2 is 1.94 bits per heavy atom. The third-order valence-corrected chi connectivity index (χ3v) is 2.85. The first-order valence-corrected chi connectivity index (χ1v) is 6.04. The van der Waals surface area contributed by atoms with Crippen LogP contribution in [0, 0.1) is 6.33 Å². The molecule has 89 valence electrons. The summed E-state index contributed by atoms with van der Waals surface area (Å²) in [6, 6.07) is 12.3. The highest BCUT2D eigenvalue weighted by molar-refractivity contribution is 5.34. The second kappa shape index (κ2) is 4.96. The fraction of sp³-hybridized carbons (Fsp3) is 0.214. The summed E-state index contributed by atoms with van der Waals surface area (Å²) in [5.41, 5.74) is 2.16. The molecule has 0 saturated heterocycles. The van der Waals surface area contributed by atoms with E-state index < -0.39 is 0 Å². The molecule has 0 aliphatic heterocycles. The van der Waals surface area contributed by atoms with E-state index in [4.69, 9.17) is 0 Å². The summed E-state index contributed by atoms with van der Waals surface area (Å²) in [6.45, 7) is 0. The Bertz CT molecular complexity index is 630. The van der Waals surface area contributed by atoms with Gasteiger partial charge in [-0.2, -0.15) is 9.61 Å². The molecule has 0 amide bonds. The Labute approximate surface area is 105 Å². The summed E-state index contributed by atoms with van der Waals surface area (Å²) >= 11 is 0. The number of fused-ring (bicyclic) bond motifs is 1. The molecule has 0 saturated carbocycles. The first kappa shape index (κ1) is 10.9. The van der Waals surface area contributed by atoms with E-state index in [1.807, 2.05) is 12.1 Å². The first-order chi connectivity index (χ1) is 8.92. The van der Waals surface area contributed by atoms with Crippen molar-refractivity contribution < 1.29 is 0 Å². The van der Waals surface area contributed by atoms with Crippen LogP contribution < -0.4 is 0 Å². The smallest absolute Gasteiger partial charge is 0.202 e. The number of hydrogen-bond acceptors (Lipinski definition) is 3. The molecule has 3 rings (SSSR count). The Kier molecular flexibility index (Phi) is 3.00. The SMILES string of the molecule is [c]1nc(CCCc2ccccc2)nc2ccnn12. The average Bonchev–Trinajstić information content (AvgIpc) is 2.87. The van der Waals surface area contributed by atoms with Gasteiger partial charge in [-0.05, 0) is 18.4 Å². The van der Waals surface area contributed by atoms with Gasteiger partial charge in [0.2, 0.25) is 6.33 Å². The fourth-order valence-corrected chi connectivity index (χ4v) is 1.93. The lowest BCUT2D eigenvalue weighted by molar-refractivity contribution is 0.750. The first-order valence-electron chi connectivity index (χ1n) is 6.04. The zero-order chi connectivity index (χ0) is 12.2. The molecular weight excluding hydrogens is 224 g/mol. The van der Waals surface area contributed by atoms with Crippen LogP contribution in [-0.4, -0.2) is 19.6 Å². The molecule has 0 N–H and O–H groups in total. The Balaban J connectivity index is 1.62. The van der Waals surface area contributed by atoms with Crippen molar-refractivity contribution in [1.29, 1.82) is 0 Å². The van der Waals surface area contributed by atoms with Crippen LogP contribution in [0.4, 0.5) is 0 Å². The second-order valence-corrected chi connectivity index (χ2v) is 4.18. The molecule has 0 aliphatic rings. The summed E-state index contributed by atoms with van der Waals surface area (Å²) < 4.78 is 1.56. The molecule has 0 aliphatic carbocycles. The van der Waals surface area contributed by atoms with Crippen LogP contribution in [0.15, 0.2) is 42.6 Å². The highest BCUT2D eigenvalue weighted by atomic mass is 15.3. The lowest BCUT2D eigenvalue weighted by Crippen LogP contribution is -2.01. The monoisotopic (exact) mass is 237 g/mol. The molecule has 0 unspecified atom stereocenters. The van der Waals surface area contributed by atoms with Crippen LogP contribution in [0.2, 0.25) is 0 Å². The Hall–Kier alpha value is -2.23. The van der Waals surface area contributed by atoms with Gasteiger partial charge in [0.15, 0.2) is 5.65 Å². The van der Waals surface area contributed by atoms with Crippen LogP contribution in [-0.2, 0) is 12.8 Å². The Morgan fingerprint density at radius 1 is 1.06 bits per heavy atom. The van der Waals surface area contributed by atoms with Gasteiger partial charge in [-0.15, -0.1) is 0 Å². The molecule has 0 atom stereocenters. The van der Waals surface area contributed by atoms with E-state index in [-0.39, 0.29) is 0 Å². The standard InChI is InChI=1S/C14H13N4/c1-2-5-12(6-3-1)7-4-8-13-15-11-18-14(17-13)9-10-16-18/h1-3,5-6,9-10H,4,7-8H2. The summed E-state index contributed by atoms with van der Waals surface area (Å²) in [7, 11) is 0. The predicted molar refractivity (Wildman–Crippen MR) is 68.1 cm³/mol. The van der Waals surface area contributed by atoms with Crippen LogP contribution in [0.1, 0.15) is 17.8 Å². The fourth-order valence-electron chi connectivity index (χ4n) is 1.93. The molecule has 2 aromatic heterocycles. The minimum Gasteiger partial charge on any atom is -0.214 e. The topological polar surface area (TPSA) is 43.1 Å². The maximum atomic E-state index is 4.42. The third kappa shape index (κ3) is 2.37. The number of nitrogens with zero attached hydrogens (tertiary/aromatic N) is 4. The van der Waals surface area contributed by atoms with Crippen molar-refractivity contribution in [3.63, 3.8) is 0 Å². The molecule has 2 heterocycles. The van der Waals surface area contributed by atoms with Gasteiger partial charge in [-0.1, -0.05) is 30.3 Å². The van der Waals surface area contributed by atoms with Crippen LogP contribution >= 0.6 is 0 Å². The maximum absolute atomic E-state index is 4.42. The van der Waals surface area contributed by atoms with Gasteiger partial charge in [-0.25, -0.2) is 9.97 Å². The summed E-state index contributed by atoms with van der Waals surface area (Å²) in [5, 5.41) is 4.02. The van der Waals surface area contributed by atoms with E-state index >= 15 is 0 Å². The van der Waals surface area contributed by atoms with E-state index in [0.717, 1.165) is 30.7 Å². The van der Waals surface area contributed by atoms with Crippen molar-refractivity contribution in [1.82, 2.24) is 19.6 Å². The van der Waals surface area contributed by atoms with Crippen molar-refractivity contribution in [2.45, 2.75) is 19.3 Å². The van der Waals surface area contributed by atoms with Crippen molar-refractivity contribution in [2.24, 2.45) is 0 Å². The van der Waals surface area contributed by atoms with E-state index in [9.17, 15) is 0 Å². The van der Waals surface area contributed by atoms with Crippen LogP contribution in [0.3, 0.4) is 0 Å². The van der Waals surface area contributed by atoms with E-state index in [2.05, 4.69) is 45.7 Å². The van der Waals surface area contributed by atoms with Gasteiger partial charge in [0.1, 0.15) is 5.82 Å². The number of hydrogen-bond donors (Lipinski definition) is 0. The van der Waals surface area contributed by atoms with Crippen molar-refractivity contribution in [2.75, 3.05) is 0 Å². The van der Waals surface area contributed by atoms with E-state index in [0.29, 0.717) is 0 Å². The van der Waals surface area contributed by atoms with E-state index in [1.165, 1.54) is 5.56 Å². The number of rotatable bonds is 4. The molecule has 0 fully saturated rings. The van der Waals surface area contributed by atoms with Crippen molar-refractivity contribution in [3.8, 4) is 0 Å². The number of aryl methyl sites for hydroxylation is 2. The number of benzene rings is 1. The molecule has 1 aromatic carbocycles. The highest BCUT2D eigenvalue weighted by Gasteiger charge is 2.01. The summed E-state index contributed by atoms with van der Waals surface area (Å²) in [5.74, 6) is 0.832. The van der Waals surface area contributed by atoms with Gasteiger partial charge in [0, 0.05) is 12.5 Å². The maximum Gasteiger partial charge on any atom is 0.202 e. The predicted octanol–water partition coefficient (Wildman–Crippen LogP) is 2.10. The zero-order valence-electron chi connectivity index (χ0n) is 9.95. The van der Waals surface area contributed by atoms with Crippen LogP contribution in [0.25, 0.3) is 5.65 Å². The molecular formula is C14H13N4. The Morgan fingerprint density at radius 3 is 2.83 bits per heavy atom. The average molecular weight is 237 g/mol. The summed E-state index contributed by atoms with van der Waals surface area (Å²) in [4.78, 5) is 8.60. The third-order valence-electron chi connectivity index (χ3n) is 2.85. The minimum atomic E-state index is 0.805. The lowest BCUT2D eigenvalue weighted by Gasteiger charge is -2.01. The van der Waals surface area contributed by atoms with Gasteiger partial charge >= 0.3 is 0 Å². The molecule has 4 heteroatoms. The molecule has 18 heavy (non-hydrogen) atoms. The zero-order valence-corrected chi connectivity index (χ0v) is 9.95. The lowest BCUT2D eigenvalue weighted by atomic mass is 10.1. The van der Waals surface area contributed by atoms with Crippen molar-refractivity contribution >= 4 is 5.65 Å². The molecule has 0 bridgehead atoms. The quantitative estimate of drug-likeness (QED) is 0.698. The number of aromatic nitrogens is 4. The van der Waals surface area contributed by atoms with Gasteiger partial charge < -0.3 is 0 Å². The molecule has 0 spiro atoms. The molecule has 1 radical (unpaired) electrons. The van der Waals surface area contributed by atoms with Crippen LogP contribution in [0.5, 0.6) is 0 Å². The second-order valence-electron chi connectivity index (χ2n) is 4.18. The van der Waals surface area contributed by atoms with Gasteiger partial charge in [-0.3, -0.25) is 0 Å². The highest BCUT2D eigenvalue weighted by Crippen LogP contribution is 2.06. The normalized spacial score (nSPS) is 10.9. The molecule has 4 nitrogen and oxygen atoms in total. The van der Waals surface area contributed by atoms with Gasteiger partial charge in [0.25, 0.3) is 0 Å². The van der Waals surface area contributed by atoms with Gasteiger partial charge in [0.05, 0.1) is 6.20 Å².